The van der Waals surface area contributed by atoms with Crippen molar-refractivity contribution in [3.05, 3.63) is 28.8 Å². The molecule has 0 aliphatic carbocycles. The average molecular weight is 222 g/mol. The minimum Gasteiger partial charge on any atom is -0.496 e. The molecule has 0 atom stereocenters. The second-order valence-electron chi connectivity index (χ2n) is 3.52. The van der Waals surface area contributed by atoms with E-state index in [0.717, 1.165) is 29.7 Å². The van der Waals surface area contributed by atoms with Crippen LogP contribution in [0.1, 0.15) is 35.3 Å². The molecule has 88 valence electrons. The molecule has 0 aliphatic heterocycles. The van der Waals surface area contributed by atoms with Crippen molar-refractivity contribution in [1.29, 1.82) is 0 Å². The fourth-order valence-corrected chi connectivity index (χ4v) is 1.73. The Hall–Kier alpha value is -1.51. The van der Waals surface area contributed by atoms with E-state index in [2.05, 4.69) is 0 Å². The third-order valence-electron chi connectivity index (χ3n) is 2.67. The van der Waals surface area contributed by atoms with Crippen molar-refractivity contribution < 1.29 is 14.3 Å². The second kappa shape index (κ2) is 5.54. The molecule has 1 rings (SSSR count). The molecule has 0 fully saturated rings. The Morgan fingerprint density at radius 1 is 1.12 bits per heavy atom. The van der Waals surface area contributed by atoms with E-state index < -0.39 is 0 Å². The van der Waals surface area contributed by atoms with Gasteiger partial charge in [0.05, 0.1) is 19.8 Å². The molecule has 0 aliphatic rings. The van der Waals surface area contributed by atoms with Gasteiger partial charge in [-0.2, -0.15) is 0 Å². The van der Waals surface area contributed by atoms with Crippen LogP contribution in [0.3, 0.4) is 0 Å². The second-order valence-corrected chi connectivity index (χ2v) is 3.52. The van der Waals surface area contributed by atoms with Crippen LogP contribution < -0.4 is 4.74 Å². The fourth-order valence-electron chi connectivity index (χ4n) is 1.73. The zero-order valence-corrected chi connectivity index (χ0v) is 10.3. The van der Waals surface area contributed by atoms with Crippen molar-refractivity contribution in [2.24, 2.45) is 0 Å². The van der Waals surface area contributed by atoms with Gasteiger partial charge < -0.3 is 9.47 Å². The van der Waals surface area contributed by atoms with E-state index in [-0.39, 0.29) is 5.97 Å². The Labute approximate surface area is 96.4 Å². The van der Waals surface area contributed by atoms with E-state index in [1.165, 1.54) is 7.11 Å². The summed E-state index contributed by atoms with van der Waals surface area (Å²) in [6.07, 6.45) is 1.61. The molecule has 0 saturated carbocycles. The normalized spacial score (nSPS) is 10.0. The quantitative estimate of drug-likeness (QED) is 0.734. The lowest BCUT2D eigenvalue weighted by Crippen LogP contribution is -2.07. The van der Waals surface area contributed by atoms with Crippen molar-refractivity contribution in [3.63, 3.8) is 0 Å². The maximum Gasteiger partial charge on any atom is 0.338 e. The highest BCUT2D eigenvalue weighted by Gasteiger charge is 2.14. The van der Waals surface area contributed by atoms with Gasteiger partial charge in [-0.3, -0.25) is 0 Å². The Balaban J connectivity index is 3.31. The van der Waals surface area contributed by atoms with Crippen LogP contribution in [0.2, 0.25) is 0 Å². The lowest BCUT2D eigenvalue weighted by molar-refractivity contribution is 0.0599. The van der Waals surface area contributed by atoms with Crippen LogP contribution in [-0.4, -0.2) is 20.2 Å². The van der Waals surface area contributed by atoms with Crippen molar-refractivity contribution in [1.82, 2.24) is 0 Å². The molecule has 0 unspecified atom stereocenters. The molecule has 3 heteroatoms. The molecular formula is C13H18O3. The highest BCUT2D eigenvalue weighted by Crippen LogP contribution is 2.25. The number of benzene rings is 1. The van der Waals surface area contributed by atoms with Crippen LogP contribution >= 0.6 is 0 Å². The zero-order valence-electron chi connectivity index (χ0n) is 10.3. The van der Waals surface area contributed by atoms with Gasteiger partial charge >= 0.3 is 5.97 Å². The molecule has 0 bridgehead atoms. The van der Waals surface area contributed by atoms with Gasteiger partial charge in [0.2, 0.25) is 0 Å². The molecule has 0 saturated heterocycles. The molecule has 16 heavy (non-hydrogen) atoms. The van der Waals surface area contributed by atoms with Crippen LogP contribution in [-0.2, 0) is 17.6 Å². The predicted octanol–water partition coefficient (Wildman–Crippen LogP) is 2.61. The Morgan fingerprint density at radius 2 is 1.75 bits per heavy atom. The van der Waals surface area contributed by atoms with Crippen LogP contribution in [0.15, 0.2) is 12.1 Å². The van der Waals surface area contributed by atoms with Gasteiger partial charge in [-0.05, 0) is 36.1 Å². The maximum atomic E-state index is 11.6. The zero-order chi connectivity index (χ0) is 12.1. The van der Waals surface area contributed by atoms with Crippen LogP contribution in [0.25, 0.3) is 0 Å². The number of esters is 1. The van der Waals surface area contributed by atoms with E-state index in [9.17, 15) is 4.79 Å². The molecule has 3 nitrogen and oxygen atoms in total. The SMILES string of the molecule is CCc1cc(C(=O)OC)c(CC)cc1OC. The first-order valence-electron chi connectivity index (χ1n) is 5.45. The summed E-state index contributed by atoms with van der Waals surface area (Å²) >= 11 is 0. The first-order valence-corrected chi connectivity index (χ1v) is 5.45. The Bertz CT molecular complexity index is 383. The van der Waals surface area contributed by atoms with Crippen molar-refractivity contribution >= 4 is 5.97 Å². The number of carbonyl (C=O) groups excluding carboxylic acids is 1. The molecule has 1 aromatic rings. The molecule has 0 aromatic heterocycles. The van der Waals surface area contributed by atoms with E-state index >= 15 is 0 Å². The third kappa shape index (κ3) is 2.35. The summed E-state index contributed by atoms with van der Waals surface area (Å²) in [5.74, 6) is 0.557. The van der Waals surface area contributed by atoms with Gasteiger partial charge in [-0.15, -0.1) is 0 Å². The smallest absolute Gasteiger partial charge is 0.338 e. The van der Waals surface area contributed by atoms with Gasteiger partial charge in [-0.25, -0.2) is 4.79 Å². The number of methoxy groups -OCH3 is 2. The van der Waals surface area contributed by atoms with Crippen molar-refractivity contribution in [3.8, 4) is 5.75 Å². The van der Waals surface area contributed by atoms with E-state index in [1.807, 2.05) is 26.0 Å². The molecule has 1 aromatic carbocycles. The van der Waals surface area contributed by atoms with Gasteiger partial charge in [0.25, 0.3) is 0 Å². The fraction of sp³-hybridized carbons (Fsp3) is 0.462. The van der Waals surface area contributed by atoms with Crippen molar-refractivity contribution in [2.45, 2.75) is 26.7 Å². The molecule has 0 N–H and O–H groups in total. The first kappa shape index (κ1) is 12.6. The average Bonchev–Trinajstić information content (AvgIpc) is 2.35. The lowest BCUT2D eigenvalue weighted by Gasteiger charge is -2.12. The molecule has 0 heterocycles. The van der Waals surface area contributed by atoms with Gasteiger partial charge in [0.1, 0.15) is 5.75 Å². The molecule has 0 amide bonds. The number of hydrogen-bond acceptors (Lipinski definition) is 3. The molecular weight excluding hydrogens is 204 g/mol. The molecule has 0 radical (unpaired) electrons. The largest absolute Gasteiger partial charge is 0.496 e. The minimum absolute atomic E-state index is 0.283. The van der Waals surface area contributed by atoms with Gasteiger partial charge in [0, 0.05) is 0 Å². The van der Waals surface area contributed by atoms with Gasteiger partial charge in [0.15, 0.2) is 0 Å². The summed E-state index contributed by atoms with van der Waals surface area (Å²) in [6.45, 7) is 4.04. The van der Waals surface area contributed by atoms with Crippen LogP contribution in [0.5, 0.6) is 5.75 Å². The summed E-state index contributed by atoms with van der Waals surface area (Å²) < 4.78 is 10.1. The monoisotopic (exact) mass is 222 g/mol. The number of carbonyl (C=O) groups is 1. The summed E-state index contributed by atoms with van der Waals surface area (Å²) in [4.78, 5) is 11.6. The standard InChI is InChI=1S/C13H18O3/c1-5-9-8-12(15-3)10(6-2)7-11(9)13(14)16-4/h7-8H,5-6H2,1-4H3. The molecule has 0 spiro atoms. The van der Waals surface area contributed by atoms with E-state index in [4.69, 9.17) is 9.47 Å². The maximum absolute atomic E-state index is 11.6. The number of aryl methyl sites for hydroxylation is 2. The third-order valence-corrected chi connectivity index (χ3v) is 2.67. The Kier molecular flexibility index (Phi) is 4.35. The number of rotatable bonds is 4. The van der Waals surface area contributed by atoms with Gasteiger partial charge in [-0.1, -0.05) is 13.8 Å². The predicted molar refractivity (Wildman–Crippen MR) is 63.1 cm³/mol. The number of hydrogen-bond donors (Lipinski definition) is 0. The minimum atomic E-state index is -0.283. The van der Waals surface area contributed by atoms with E-state index in [1.54, 1.807) is 7.11 Å². The number of ether oxygens (including phenoxy) is 2. The van der Waals surface area contributed by atoms with E-state index in [0.29, 0.717) is 5.56 Å². The van der Waals surface area contributed by atoms with Crippen LogP contribution in [0, 0.1) is 0 Å². The Morgan fingerprint density at radius 3 is 2.19 bits per heavy atom. The summed E-state index contributed by atoms with van der Waals surface area (Å²) in [6, 6.07) is 3.79. The summed E-state index contributed by atoms with van der Waals surface area (Å²) in [5, 5.41) is 0. The van der Waals surface area contributed by atoms with Crippen LogP contribution in [0.4, 0.5) is 0 Å². The summed E-state index contributed by atoms with van der Waals surface area (Å²) in [7, 11) is 3.05. The topological polar surface area (TPSA) is 35.5 Å². The lowest BCUT2D eigenvalue weighted by atomic mass is 9.99. The van der Waals surface area contributed by atoms with Crippen molar-refractivity contribution in [2.75, 3.05) is 14.2 Å². The highest BCUT2D eigenvalue weighted by atomic mass is 16.5. The first-order chi connectivity index (χ1) is 7.67. The summed E-state index contributed by atoms with van der Waals surface area (Å²) in [5.41, 5.74) is 2.63. The highest BCUT2D eigenvalue weighted by molar-refractivity contribution is 5.91.